The van der Waals surface area contributed by atoms with Gasteiger partial charge in [-0.2, -0.15) is 4.31 Å². The van der Waals surface area contributed by atoms with Gasteiger partial charge < -0.3 is 13.9 Å². The van der Waals surface area contributed by atoms with Crippen LogP contribution in [0.2, 0.25) is 0 Å². The monoisotopic (exact) mass is 498 g/mol. The number of pyridine rings is 1. The lowest BCUT2D eigenvalue weighted by molar-refractivity contribution is -0.140. The van der Waals surface area contributed by atoms with Crippen LogP contribution in [-0.4, -0.2) is 61.3 Å². The number of esters is 1. The van der Waals surface area contributed by atoms with Crippen LogP contribution in [0.3, 0.4) is 0 Å². The molecule has 8 nitrogen and oxygen atoms in total. The molecule has 186 valence electrons. The number of methoxy groups -OCH3 is 1. The number of carbonyl (C=O) groups is 2. The van der Waals surface area contributed by atoms with E-state index >= 15 is 0 Å². The zero-order valence-corrected chi connectivity index (χ0v) is 21.2. The van der Waals surface area contributed by atoms with E-state index in [1.165, 1.54) is 23.5 Å². The summed E-state index contributed by atoms with van der Waals surface area (Å²) in [6, 6.07) is 11.7. The largest absolute Gasteiger partial charge is 0.469 e. The highest BCUT2D eigenvalue weighted by Gasteiger charge is 2.33. The Hall–Kier alpha value is -3.01. The van der Waals surface area contributed by atoms with E-state index in [0.29, 0.717) is 23.1 Å². The molecule has 2 atom stereocenters. The van der Waals surface area contributed by atoms with E-state index in [-0.39, 0.29) is 48.4 Å². The highest BCUT2D eigenvalue weighted by molar-refractivity contribution is 7.89. The lowest BCUT2D eigenvalue weighted by atomic mass is 9.99. The quantitative estimate of drug-likeness (QED) is 0.366. The van der Waals surface area contributed by atoms with Crippen LogP contribution in [0.5, 0.6) is 0 Å². The highest BCUT2D eigenvalue weighted by atomic mass is 32.2. The normalized spacial score (nSPS) is 19.1. The fourth-order valence-corrected chi connectivity index (χ4v) is 6.37. The Kier molecular flexibility index (Phi) is 7.12. The van der Waals surface area contributed by atoms with Gasteiger partial charge in [0.05, 0.1) is 41.7 Å². The standard InChI is InChI=1S/C26H30N2O6S/c1-17-15-27(16-18(2)34-17)35(31,32)21-9-7-8-20(14-21)26(30)25-19(3)22(11-12-24(29)33-4)28-13-6-5-10-23(25)28/h5-10,13-14,17-18H,11-12,15-16H2,1-4H3/t17-,18+. The number of rotatable bonds is 7. The van der Waals surface area contributed by atoms with Crippen LogP contribution in [0.15, 0.2) is 53.6 Å². The maximum absolute atomic E-state index is 13.7. The molecule has 1 fully saturated rings. The molecule has 0 bridgehead atoms. The Balaban J connectivity index is 1.72. The van der Waals surface area contributed by atoms with Gasteiger partial charge in [-0.05, 0) is 57.0 Å². The molecule has 1 aliphatic heterocycles. The minimum Gasteiger partial charge on any atom is -0.469 e. The van der Waals surface area contributed by atoms with Crippen LogP contribution in [0.1, 0.15) is 47.4 Å². The lowest BCUT2D eigenvalue weighted by Gasteiger charge is -2.34. The summed E-state index contributed by atoms with van der Waals surface area (Å²) in [4.78, 5) is 25.5. The molecule has 0 N–H and O–H groups in total. The Morgan fingerprint density at radius 1 is 1.09 bits per heavy atom. The molecule has 9 heteroatoms. The number of hydrogen-bond donors (Lipinski definition) is 0. The summed E-state index contributed by atoms with van der Waals surface area (Å²) in [5.74, 6) is -0.593. The minimum absolute atomic E-state index is 0.0803. The van der Waals surface area contributed by atoms with Crippen molar-refractivity contribution >= 4 is 27.3 Å². The Labute approximate surface area is 205 Å². The molecule has 0 radical (unpaired) electrons. The van der Waals surface area contributed by atoms with Gasteiger partial charge in [-0.15, -0.1) is 0 Å². The Bertz CT molecular complexity index is 1370. The third-order valence-electron chi connectivity index (χ3n) is 6.36. The first-order chi connectivity index (χ1) is 16.6. The molecule has 2 aromatic heterocycles. The van der Waals surface area contributed by atoms with E-state index in [9.17, 15) is 18.0 Å². The van der Waals surface area contributed by atoms with E-state index in [0.717, 1.165) is 11.3 Å². The first kappa shape index (κ1) is 25.1. The molecule has 1 aromatic carbocycles. The molecule has 0 unspecified atom stereocenters. The van der Waals surface area contributed by atoms with Crippen LogP contribution in [0, 0.1) is 6.92 Å². The number of hydrogen-bond acceptors (Lipinski definition) is 6. The van der Waals surface area contributed by atoms with Crippen LogP contribution in [0.25, 0.3) is 5.52 Å². The third kappa shape index (κ3) is 4.89. The van der Waals surface area contributed by atoms with Crippen molar-refractivity contribution < 1.29 is 27.5 Å². The van der Waals surface area contributed by atoms with Crippen molar-refractivity contribution in [2.75, 3.05) is 20.2 Å². The number of sulfonamides is 1. The maximum Gasteiger partial charge on any atom is 0.305 e. The van der Waals surface area contributed by atoms with Gasteiger partial charge in [0, 0.05) is 30.5 Å². The Morgan fingerprint density at radius 3 is 2.49 bits per heavy atom. The first-order valence-corrected chi connectivity index (χ1v) is 13.0. The second-order valence-electron chi connectivity index (χ2n) is 8.92. The summed E-state index contributed by atoms with van der Waals surface area (Å²) in [7, 11) is -2.44. The molecule has 3 heterocycles. The Morgan fingerprint density at radius 2 is 1.80 bits per heavy atom. The maximum atomic E-state index is 13.7. The number of ether oxygens (including phenoxy) is 2. The third-order valence-corrected chi connectivity index (χ3v) is 8.18. The number of aromatic nitrogens is 1. The van der Waals surface area contributed by atoms with Gasteiger partial charge >= 0.3 is 5.97 Å². The lowest BCUT2D eigenvalue weighted by Crippen LogP contribution is -2.48. The van der Waals surface area contributed by atoms with Crippen molar-refractivity contribution in [1.82, 2.24) is 8.71 Å². The summed E-state index contributed by atoms with van der Waals surface area (Å²) < 4.78 is 40.5. The van der Waals surface area contributed by atoms with E-state index < -0.39 is 10.0 Å². The number of carbonyl (C=O) groups excluding carboxylic acids is 2. The number of ketones is 1. The van der Waals surface area contributed by atoms with Crippen molar-refractivity contribution in [3.63, 3.8) is 0 Å². The predicted molar refractivity (Wildman–Crippen MR) is 131 cm³/mol. The zero-order chi connectivity index (χ0) is 25.3. The van der Waals surface area contributed by atoms with Crippen molar-refractivity contribution in [3.8, 4) is 0 Å². The minimum atomic E-state index is -3.79. The summed E-state index contributed by atoms with van der Waals surface area (Å²) in [6.07, 6.45) is 2.04. The molecule has 0 saturated carbocycles. The molecular formula is C26H30N2O6S. The zero-order valence-electron chi connectivity index (χ0n) is 20.4. The second kappa shape index (κ2) is 9.93. The fourth-order valence-electron chi connectivity index (χ4n) is 4.73. The number of fused-ring (bicyclic) bond motifs is 1. The average Bonchev–Trinajstić information content (AvgIpc) is 3.12. The van der Waals surface area contributed by atoms with Crippen molar-refractivity contribution in [3.05, 3.63) is 71.0 Å². The van der Waals surface area contributed by atoms with Crippen LogP contribution in [-0.2, 0) is 30.7 Å². The van der Waals surface area contributed by atoms with Gasteiger partial charge in [-0.1, -0.05) is 18.2 Å². The second-order valence-corrected chi connectivity index (χ2v) is 10.9. The molecule has 35 heavy (non-hydrogen) atoms. The highest BCUT2D eigenvalue weighted by Crippen LogP contribution is 2.28. The van der Waals surface area contributed by atoms with Crippen molar-refractivity contribution in [1.29, 1.82) is 0 Å². The topological polar surface area (TPSA) is 94.4 Å². The van der Waals surface area contributed by atoms with Gasteiger partial charge in [0.25, 0.3) is 0 Å². The fraction of sp³-hybridized carbons (Fsp3) is 0.385. The van der Waals surface area contributed by atoms with E-state index in [2.05, 4.69) is 0 Å². The molecule has 0 amide bonds. The van der Waals surface area contributed by atoms with Gasteiger partial charge in [-0.3, -0.25) is 9.59 Å². The molecule has 0 spiro atoms. The van der Waals surface area contributed by atoms with Crippen LogP contribution < -0.4 is 0 Å². The van der Waals surface area contributed by atoms with Crippen molar-refractivity contribution in [2.24, 2.45) is 0 Å². The van der Waals surface area contributed by atoms with Crippen LogP contribution in [0.4, 0.5) is 0 Å². The van der Waals surface area contributed by atoms with Crippen molar-refractivity contribution in [2.45, 2.75) is 50.7 Å². The summed E-state index contributed by atoms with van der Waals surface area (Å²) in [5, 5.41) is 0. The predicted octanol–water partition coefficient (Wildman–Crippen LogP) is 3.38. The van der Waals surface area contributed by atoms with Gasteiger partial charge in [0.2, 0.25) is 10.0 Å². The number of benzene rings is 1. The molecular weight excluding hydrogens is 468 g/mol. The van der Waals surface area contributed by atoms with Gasteiger partial charge in [-0.25, -0.2) is 8.42 Å². The SMILES string of the molecule is COC(=O)CCc1c(C)c(C(=O)c2cccc(S(=O)(=O)N3C[C@@H](C)O[C@@H](C)C3)c2)c2ccccn12. The van der Waals surface area contributed by atoms with E-state index in [4.69, 9.17) is 9.47 Å². The van der Waals surface area contributed by atoms with E-state index in [1.807, 2.05) is 49.6 Å². The molecule has 1 aliphatic rings. The molecule has 4 rings (SSSR count). The average molecular weight is 499 g/mol. The number of aryl methyl sites for hydroxylation is 1. The summed E-state index contributed by atoms with van der Waals surface area (Å²) in [5.41, 5.74) is 3.09. The van der Waals surface area contributed by atoms with Gasteiger partial charge in [0.1, 0.15) is 0 Å². The van der Waals surface area contributed by atoms with Gasteiger partial charge in [0.15, 0.2) is 5.78 Å². The summed E-state index contributed by atoms with van der Waals surface area (Å²) in [6.45, 7) is 6.06. The molecule has 1 saturated heterocycles. The molecule has 0 aliphatic carbocycles. The summed E-state index contributed by atoms with van der Waals surface area (Å²) >= 11 is 0. The smallest absolute Gasteiger partial charge is 0.305 e. The first-order valence-electron chi connectivity index (χ1n) is 11.6. The molecule has 3 aromatic rings. The number of morpholine rings is 1. The number of nitrogens with zero attached hydrogens (tertiary/aromatic N) is 2. The van der Waals surface area contributed by atoms with Crippen LogP contribution >= 0.6 is 0 Å². The van der Waals surface area contributed by atoms with E-state index in [1.54, 1.807) is 12.1 Å².